The number of nitrogens with zero attached hydrogens (tertiary/aromatic N) is 4. The molecule has 1 aliphatic rings. The van der Waals surface area contributed by atoms with Crippen molar-refractivity contribution in [1.82, 2.24) is 25.5 Å². The Hall–Kier alpha value is -3.64. The molecule has 0 saturated carbocycles. The number of carbonyl (C=O) groups excluding carboxylic acids is 1. The summed E-state index contributed by atoms with van der Waals surface area (Å²) in [6, 6.07) is 3.49. The molecule has 4 rings (SSSR count). The number of hydrogen-bond acceptors (Lipinski definition) is 10. The third kappa shape index (κ3) is 3.53. The molecule has 0 saturated heterocycles. The number of hydrogen-bond donors (Lipinski definition) is 6. The summed E-state index contributed by atoms with van der Waals surface area (Å²) in [6.07, 6.45) is 0. The van der Waals surface area contributed by atoms with E-state index in [4.69, 9.17) is 16.3 Å². The molecule has 1 unspecified atom stereocenters. The second-order valence-corrected chi connectivity index (χ2v) is 7.14. The normalized spacial score (nSPS) is 16.7. The fourth-order valence-corrected chi connectivity index (χ4v) is 3.27. The number of ether oxygens (including phenoxy) is 1. The van der Waals surface area contributed by atoms with E-state index in [0.717, 1.165) is 5.56 Å². The SMILES string of the molecule is CNc1nc2nc3c([nH]nc13)C(=O)NC(C)COCc1cc(c(N)c(N(C)N)c1)N2. The van der Waals surface area contributed by atoms with Gasteiger partial charge in [-0.1, -0.05) is 0 Å². The lowest BCUT2D eigenvalue weighted by Gasteiger charge is -2.21. The van der Waals surface area contributed by atoms with Gasteiger partial charge in [-0.15, -0.1) is 0 Å². The van der Waals surface area contributed by atoms with E-state index < -0.39 is 0 Å². The summed E-state index contributed by atoms with van der Waals surface area (Å²) >= 11 is 0. The zero-order valence-corrected chi connectivity index (χ0v) is 16.9. The molecule has 3 heterocycles. The summed E-state index contributed by atoms with van der Waals surface area (Å²) in [7, 11) is 3.42. The molecule has 3 aromatic rings. The first-order valence-corrected chi connectivity index (χ1v) is 9.37. The van der Waals surface area contributed by atoms with E-state index in [1.54, 1.807) is 14.1 Å². The number of fused-ring (bicyclic) bond motifs is 3. The first-order valence-electron chi connectivity index (χ1n) is 9.37. The van der Waals surface area contributed by atoms with Gasteiger partial charge in [0.25, 0.3) is 5.91 Å². The zero-order chi connectivity index (χ0) is 21.4. The topological polar surface area (TPSA) is 172 Å². The molecule has 1 aromatic carbocycles. The molecular formula is C18H24N10O2. The van der Waals surface area contributed by atoms with E-state index >= 15 is 0 Å². The number of aromatic amines is 1. The quantitative estimate of drug-likeness (QED) is 0.200. The van der Waals surface area contributed by atoms with Crippen LogP contribution in [0.3, 0.4) is 0 Å². The predicted octanol–water partition coefficient (Wildman–Crippen LogP) is 0.679. The second kappa shape index (κ2) is 7.65. The Morgan fingerprint density at radius 1 is 1.30 bits per heavy atom. The molecule has 0 spiro atoms. The number of aromatic nitrogens is 4. The highest BCUT2D eigenvalue weighted by atomic mass is 16.5. The predicted molar refractivity (Wildman–Crippen MR) is 115 cm³/mol. The smallest absolute Gasteiger partial charge is 0.271 e. The number of hydrazine groups is 1. The average Bonchev–Trinajstić information content (AvgIpc) is 3.12. The number of nitrogen functional groups attached to an aromatic ring is 1. The first kappa shape index (κ1) is 19.7. The number of carbonyl (C=O) groups is 1. The maximum atomic E-state index is 12.7. The summed E-state index contributed by atoms with van der Waals surface area (Å²) in [5.41, 5.74) is 9.89. The molecule has 8 N–H and O–H groups in total. The highest BCUT2D eigenvalue weighted by molar-refractivity contribution is 6.05. The number of rotatable bonds is 2. The Labute approximate surface area is 172 Å². The van der Waals surface area contributed by atoms with Gasteiger partial charge in [0.05, 0.1) is 30.3 Å². The van der Waals surface area contributed by atoms with E-state index in [1.165, 1.54) is 5.01 Å². The van der Waals surface area contributed by atoms with Crippen LogP contribution in [0.15, 0.2) is 12.1 Å². The molecule has 1 atom stereocenters. The summed E-state index contributed by atoms with van der Waals surface area (Å²) in [5, 5.41) is 17.4. The largest absolute Gasteiger partial charge is 0.395 e. The molecule has 0 radical (unpaired) electrons. The Morgan fingerprint density at radius 3 is 2.83 bits per heavy atom. The monoisotopic (exact) mass is 412 g/mol. The van der Waals surface area contributed by atoms with Crippen LogP contribution in [0.2, 0.25) is 0 Å². The van der Waals surface area contributed by atoms with Crippen LogP contribution in [0.5, 0.6) is 0 Å². The van der Waals surface area contributed by atoms with Gasteiger partial charge in [0.15, 0.2) is 11.3 Å². The minimum Gasteiger partial charge on any atom is -0.395 e. The minimum absolute atomic E-state index is 0.230. The number of anilines is 5. The summed E-state index contributed by atoms with van der Waals surface area (Å²) in [5.74, 6) is 6.34. The van der Waals surface area contributed by atoms with E-state index in [0.29, 0.717) is 47.1 Å². The average molecular weight is 412 g/mol. The molecule has 4 bridgehead atoms. The summed E-state index contributed by atoms with van der Waals surface area (Å²) in [6.45, 7) is 2.49. The molecule has 12 nitrogen and oxygen atoms in total. The Balaban J connectivity index is 1.90. The van der Waals surface area contributed by atoms with Gasteiger partial charge in [-0.25, -0.2) is 10.8 Å². The van der Waals surface area contributed by atoms with Gasteiger partial charge < -0.3 is 31.4 Å². The number of nitrogens with two attached hydrogens (primary N) is 2. The third-order valence-corrected chi connectivity index (χ3v) is 4.72. The van der Waals surface area contributed by atoms with Crippen LogP contribution in [0.4, 0.5) is 28.8 Å². The Bertz CT molecular complexity index is 1110. The van der Waals surface area contributed by atoms with Gasteiger partial charge in [0, 0.05) is 20.1 Å². The molecule has 1 amide bonds. The van der Waals surface area contributed by atoms with Crippen LogP contribution in [0.25, 0.3) is 11.0 Å². The van der Waals surface area contributed by atoms with Crippen molar-refractivity contribution in [3.8, 4) is 0 Å². The number of benzene rings is 1. The minimum atomic E-state index is -0.331. The van der Waals surface area contributed by atoms with Gasteiger partial charge >= 0.3 is 0 Å². The van der Waals surface area contributed by atoms with E-state index in [2.05, 4.69) is 36.1 Å². The van der Waals surface area contributed by atoms with Crippen LogP contribution in [0, 0.1) is 0 Å². The summed E-state index contributed by atoms with van der Waals surface area (Å²) in [4.78, 5) is 21.7. The number of H-pyrrole nitrogens is 1. The van der Waals surface area contributed by atoms with E-state index in [-0.39, 0.29) is 23.6 Å². The van der Waals surface area contributed by atoms with Crippen molar-refractivity contribution >= 4 is 45.8 Å². The zero-order valence-electron chi connectivity index (χ0n) is 16.9. The van der Waals surface area contributed by atoms with Gasteiger partial charge in [-0.2, -0.15) is 10.1 Å². The van der Waals surface area contributed by atoms with Crippen molar-refractivity contribution in [1.29, 1.82) is 0 Å². The number of nitrogens with one attached hydrogen (secondary N) is 4. The molecule has 2 aromatic heterocycles. The van der Waals surface area contributed by atoms with Crippen molar-refractivity contribution < 1.29 is 9.53 Å². The van der Waals surface area contributed by atoms with Gasteiger partial charge in [0.1, 0.15) is 11.2 Å². The molecule has 1 aliphatic heterocycles. The highest BCUT2D eigenvalue weighted by Crippen LogP contribution is 2.33. The molecule has 158 valence electrons. The maximum Gasteiger partial charge on any atom is 0.271 e. The van der Waals surface area contributed by atoms with Crippen LogP contribution in [0.1, 0.15) is 23.0 Å². The van der Waals surface area contributed by atoms with Crippen LogP contribution in [-0.2, 0) is 11.3 Å². The highest BCUT2D eigenvalue weighted by Gasteiger charge is 2.22. The third-order valence-electron chi connectivity index (χ3n) is 4.72. The standard InChI is InChI=1S/C18H24N10O2/c1-8-6-30-7-9-4-10(12(19)11(5-9)28(3)20)23-18-24-13-14(16(21-2)25-18)26-27-15(13)17(29)22-8/h4-5,8H,6-7,19-20H2,1-3H3,(H,22,29)(H,26,27)(H2,21,23,24,25). The Kier molecular flexibility index (Phi) is 5.01. The van der Waals surface area contributed by atoms with E-state index in [9.17, 15) is 4.79 Å². The maximum absolute atomic E-state index is 12.7. The van der Waals surface area contributed by atoms with Crippen LogP contribution >= 0.6 is 0 Å². The first-order chi connectivity index (χ1) is 14.4. The van der Waals surface area contributed by atoms with Gasteiger partial charge in [-0.05, 0) is 24.6 Å². The van der Waals surface area contributed by atoms with Crippen molar-refractivity contribution in [3.05, 3.63) is 23.4 Å². The lowest BCUT2D eigenvalue weighted by molar-refractivity contribution is 0.0818. The molecular weight excluding hydrogens is 388 g/mol. The lowest BCUT2D eigenvalue weighted by Crippen LogP contribution is -2.36. The molecule has 12 heteroatoms. The van der Waals surface area contributed by atoms with Crippen molar-refractivity contribution in [2.24, 2.45) is 5.84 Å². The molecule has 30 heavy (non-hydrogen) atoms. The number of amides is 1. The Morgan fingerprint density at radius 2 is 2.10 bits per heavy atom. The van der Waals surface area contributed by atoms with Crippen molar-refractivity contribution in [2.45, 2.75) is 19.6 Å². The van der Waals surface area contributed by atoms with Crippen molar-refractivity contribution in [3.63, 3.8) is 0 Å². The van der Waals surface area contributed by atoms with Gasteiger partial charge in [-0.3, -0.25) is 9.89 Å². The lowest BCUT2D eigenvalue weighted by atomic mass is 10.1. The van der Waals surface area contributed by atoms with Gasteiger partial charge in [0.2, 0.25) is 5.95 Å². The fourth-order valence-electron chi connectivity index (χ4n) is 3.27. The second-order valence-electron chi connectivity index (χ2n) is 7.14. The molecule has 0 fully saturated rings. The summed E-state index contributed by atoms with van der Waals surface area (Å²) < 4.78 is 5.78. The molecule has 0 aliphatic carbocycles. The van der Waals surface area contributed by atoms with Crippen LogP contribution in [-0.4, -0.2) is 52.8 Å². The fraction of sp³-hybridized carbons (Fsp3) is 0.333. The van der Waals surface area contributed by atoms with Crippen molar-refractivity contribution in [2.75, 3.05) is 42.1 Å². The van der Waals surface area contributed by atoms with Crippen LogP contribution < -0.4 is 32.5 Å². The van der Waals surface area contributed by atoms with E-state index in [1.807, 2.05) is 19.1 Å².